The van der Waals surface area contributed by atoms with E-state index < -0.39 is 9.84 Å². The number of hydrogen-bond acceptors (Lipinski definition) is 4. The van der Waals surface area contributed by atoms with Crippen molar-refractivity contribution in [2.24, 2.45) is 11.3 Å². The molecule has 1 saturated heterocycles. The fraction of sp³-hybridized carbons (Fsp3) is 1.00. The first-order valence-electron chi connectivity index (χ1n) is 8.56. The van der Waals surface area contributed by atoms with Crippen LogP contribution in [0.1, 0.15) is 52.4 Å². The third-order valence-corrected chi connectivity index (χ3v) is 6.74. The second kappa shape index (κ2) is 7.42. The molecule has 1 aliphatic heterocycles. The quantitative estimate of drug-likeness (QED) is 0.629. The Balaban J connectivity index is 2.01. The number of rotatable bonds is 10. The van der Waals surface area contributed by atoms with Crippen molar-refractivity contribution in [2.75, 3.05) is 31.2 Å². The first-order chi connectivity index (χ1) is 10.0. The van der Waals surface area contributed by atoms with Crippen molar-refractivity contribution >= 4 is 9.84 Å². The lowest BCUT2D eigenvalue weighted by atomic mass is 9.76. The minimum absolute atomic E-state index is 0.0388. The summed E-state index contributed by atoms with van der Waals surface area (Å²) >= 11 is 0. The molecule has 124 valence electrons. The molecule has 1 heterocycles. The van der Waals surface area contributed by atoms with Gasteiger partial charge in [0.05, 0.1) is 11.9 Å². The smallest absolute Gasteiger partial charge is 0.150 e. The molecule has 2 unspecified atom stereocenters. The highest BCUT2D eigenvalue weighted by Crippen LogP contribution is 2.49. The summed E-state index contributed by atoms with van der Waals surface area (Å²) in [6.45, 7) is 6.80. The summed E-state index contributed by atoms with van der Waals surface area (Å²) in [5.74, 6) is 1.31. The van der Waals surface area contributed by atoms with E-state index in [0.717, 1.165) is 39.0 Å². The molecule has 1 aliphatic carbocycles. The molecular weight excluding hydrogens is 286 g/mol. The highest BCUT2D eigenvalue weighted by Gasteiger charge is 2.50. The second-order valence-corrected chi connectivity index (χ2v) is 9.12. The molecule has 0 spiro atoms. The molecule has 0 amide bonds. The van der Waals surface area contributed by atoms with E-state index in [1.165, 1.54) is 12.8 Å². The molecule has 2 atom stereocenters. The Hall–Kier alpha value is -0.130. The normalized spacial score (nSPS) is 29.9. The van der Waals surface area contributed by atoms with Gasteiger partial charge in [-0.2, -0.15) is 0 Å². The van der Waals surface area contributed by atoms with E-state index in [-0.39, 0.29) is 11.5 Å². The number of sulfone groups is 1. The molecule has 21 heavy (non-hydrogen) atoms. The monoisotopic (exact) mass is 317 g/mol. The Kier molecular flexibility index (Phi) is 6.09. The van der Waals surface area contributed by atoms with E-state index in [1.807, 2.05) is 6.92 Å². The molecule has 0 bridgehead atoms. The van der Waals surface area contributed by atoms with Crippen LogP contribution < -0.4 is 5.32 Å². The third kappa shape index (κ3) is 4.67. The van der Waals surface area contributed by atoms with E-state index in [9.17, 15) is 8.42 Å². The fourth-order valence-corrected chi connectivity index (χ4v) is 5.12. The highest BCUT2D eigenvalue weighted by atomic mass is 32.2. The molecule has 5 heteroatoms. The zero-order valence-electron chi connectivity index (χ0n) is 13.6. The summed E-state index contributed by atoms with van der Waals surface area (Å²) < 4.78 is 30.2. The molecule has 1 saturated carbocycles. The SMILES string of the molecule is CCCNCC1(CCS(=O)(=O)CCC)CCOC1C1CC1. The summed E-state index contributed by atoms with van der Waals surface area (Å²) in [5.41, 5.74) is 0.0388. The van der Waals surface area contributed by atoms with Crippen molar-refractivity contribution in [3.63, 3.8) is 0 Å². The van der Waals surface area contributed by atoms with Crippen LogP contribution in [0.3, 0.4) is 0 Å². The Morgan fingerprint density at radius 1 is 1.19 bits per heavy atom. The first-order valence-corrected chi connectivity index (χ1v) is 10.4. The predicted octanol–water partition coefficient (Wildman–Crippen LogP) is 2.39. The van der Waals surface area contributed by atoms with Gasteiger partial charge in [0, 0.05) is 24.3 Å². The van der Waals surface area contributed by atoms with E-state index in [4.69, 9.17) is 4.74 Å². The zero-order valence-corrected chi connectivity index (χ0v) is 14.4. The van der Waals surface area contributed by atoms with Gasteiger partial charge in [0.2, 0.25) is 0 Å². The van der Waals surface area contributed by atoms with Gasteiger partial charge in [0.15, 0.2) is 0 Å². The fourth-order valence-electron chi connectivity index (χ4n) is 3.57. The average molecular weight is 317 g/mol. The van der Waals surface area contributed by atoms with E-state index in [2.05, 4.69) is 12.2 Å². The molecule has 0 aromatic rings. The van der Waals surface area contributed by atoms with Gasteiger partial charge in [0.1, 0.15) is 9.84 Å². The van der Waals surface area contributed by atoms with Gasteiger partial charge in [-0.3, -0.25) is 0 Å². The molecule has 0 aromatic carbocycles. The van der Waals surface area contributed by atoms with Crippen molar-refractivity contribution in [3.8, 4) is 0 Å². The molecule has 2 fully saturated rings. The third-order valence-electron chi connectivity index (χ3n) is 4.88. The van der Waals surface area contributed by atoms with Crippen LogP contribution in [0, 0.1) is 11.3 Å². The Bertz CT molecular complexity index is 419. The van der Waals surface area contributed by atoms with Gasteiger partial charge >= 0.3 is 0 Å². The van der Waals surface area contributed by atoms with Crippen LogP contribution in [0.25, 0.3) is 0 Å². The maximum Gasteiger partial charge on any atom is 0.150 e. The van der Waals surface area contributed by atoms with Crippen molar-refractivity contribution in [1.82, 2.24) is 5.32 Å². The number of ether oxygens (including phenoxy) is 1. The van der Waals surface area contributed by atoms with Gasteiger partial charge in [-0.1, -0.05) is 13.8 Å². The standard InChI is InChI=1S/C16H31NO3S/c1-3-9-17-13-16(8-12-21(18,19)11-4-2)7-10-20-15(16)14-5-6-14/h14-15,17H,3-13H2,1-2H3. The van der Waals surface area contributed by atoms with Crippen LogP contribution in [0.2, 0.25) is 0 Å². The van der Waals surface area contributed by atoms with Gasteiger partial charge in [-0.25, -0.2) is 8.42 Å². The van der Waals surface area contributed by atoms with E-state index in [1.54, 1.807) is 0 Å². The van der Waals surface area contributed by atoms with Crippen molar-refractivity contribution in [2.45, 2.75) is 58.5 Å². The largest absolute Gasteiger partial charge is 0.377 e. The van der Waals surface area contributed by atoms with Gasteiger partial charge in [-0.05, 0) is 51.0 Å². The molecule has 4 nitrogen and oxygen atoms in total. The van der Waals surface area contributed by atoms with Crippen LogP contribution in [-0.2, 0) is 14.6 Å². The first kappa shape index (κ1) is 17.2. The summed E-state index contributed by atoms with van der Waals surface area (Å²) in [6.07, 6.45) is 6.37. The Morgan fingerprint density at radius 2 is 1.95 bits per heavy atom. The molecule has 1 N–H and O–H groups in total. The Labute approximate surface area is 129 Å². The topological polar surface area (TPSA) is 55.4 Å². The van der Waals surface area contributed by atoms with E-state index in [0.29, 0.717) is 23.8 Å². The van der Waals surface area contributed by atoms with Crippen molar-refractivity contribution < 1.29 is 13.2 Å². The maximum absolute atomic E-state index is 12.1. The summed E-state index contributed by atoms with van der Waals surface area (Å²) in [5, 5.41) is 3.52. The molecule has 0 radical (unpaired) electrons. The number of nitrogens with one attached hydrogen (secondary N) is 1. The molecule has 2 aliphatic rings. The zero-order chi connectivity index (χ0) is 15.3. The van der Waals surface area contributed by atoms with Crippen LogP contribution in [-0.4, -0.2) is 45.7 Å². The lowest BCUT2D eigenvalue weighted by Crippen LogP contribution is -2.43. The minimum Gasteiger partial charge on any atom is -0.377 e. The van der Waals surface area contributed by atoms with Crippen LogP contribution in [0.4, 0.5) is 0 Å². The predicted molar refractivity (Wildman–Crippen MR) is 86.2 cm³/mol. The lowest BCUT2D eigenvalue weighted by molar-refractivity contribution is 0.0292. The average Bonchev–Trinajstić information content (AvgIpc) is 3.19. The summed E-state index contributed by atoms with van der Waals surface area (Å²) in [6, 6.07) is 0. The molecule has 0 aromatic heterocycles. The van der Waals surface area contributed by atoms with Crippen molar-refractivity contribution in [1.29, 1.82) is 0 Å². The number of hydrogen-bond donors (Lipinski definition) is 1. The van der Waals surface area contributed by atoms with Crippen LogP contribution in [0.15, 0.2) is 0 Å². The van der Waals surface area contributed by atoms with Gasteiger partial charge < -0.3 is 10.1 Å². The minimum atomic E-state index is -2.90. The van der Waals surface area contributed by atoms with Gasteiger partial charge in [0.25, 0.3) is 0 Å². The van der Waals surface area contributed by atoms with Crippen molar-refractivity contribution in [3.05, 3.63) is 0 Å². The van der Waals surface area contributed by atoms with Crippen LogP contribution in [0.5, 0.6) is 0 Å². The van der Waals surface area contributed by atoms with Gasteiger partial charge in [-0.15, -0.1) is 0 Å². The highest BCUT2D eigenvalue weighted by molar-refractivity contribution is 7.91. The molecular formula is C16H31NO3S. The Morgan fingerprint density at radius 3 is 2.57 bits per heavy atom. The summed E-state index contributed by atoms with van der Waals surface area (Å²) in [4.78, 5) is 0. The maximum atomic E-state index is 12.1. The molecule has 2 rings (SSSR count). The summed E-state index contributed by atoms with van der Waals surface area (Å²) in [7, 11) is -2.90. The van der Waals surface area contributed by atoms with E-state index >= 15 is 0 Å². The lowest BCUT2D eigenvalue weighted by Gasteiger charge is -2.35. The van der Waals surface area contributed by atoms with Crippen LogP contribution >= 0.6 is 0 Å². The second-order valence-electron chi connectivity index (χ2n) is 6.82.